The Balaban J connectivity index is 1.53. The first-order valence-corrected chi connectivity index (χ1v) is 16.7. The zero-order chi connectivity index (χ0) is 34.0. The molecule has 4 heteroatoms. The van der Waals surface area contributed by atoms with Crippen LogP contribution in [0.3, 0.4) is 0 Å². The summed E-state index contributed by atoms with van der Waals surface area (Å²) in [6.07, 6.45) is 23.4. The van der Waals surface area contributed by atoms with E-state index < -0.39 is 0 Å². The van der Waals surface area contributed by atoms with E-state index in [4.69, 9.17) is 26.4 Å². The molecule has 0 aliphatic carbocycles. The lowest BCUT2D eigenvalue weighted by molar-refractivity contribution is 0.485. The number of terminal acetylenes is 1. The smallest absolute Gasteiger partial charge is 0.0738 e. The summed E-state index contributed by atoms with van der Waals surface area (Å²) in [5.41, 5.74) is 14.6. The number of fused-ring (bicyclic) bond motifs is 4. The van der Waals surface area contributed by atoms with Gasteiger partial charge in [-0.05, 0) is 93.8 Å². The molecular formula is C44H42N4. The number of hydrogen-bond donors (Lipinski definition) is 0. The molecule has 7 rings (SSSR count). The van der Waals surface area contributed by atoms with Gasteiger partial charge in [0.1, 0.15) is 0 Å². The molecule has 2 aromatic carbocycles. The van der Waals surface area contributed by atoms with E-state index in [-0.39, 0.29) is 16.2 Å². The van der Waals surface area contributed by atoms with Gasteiger partial charge in [0.25, 0.3) is 0 Å². The second-order valence-electron chi connectivity index (χ2n) is 15.8. The monoisotopic (exact) mass is 626 g/mol. The van der Waals surface area contributed by atoms with Crippen molar-refractivity contribution in [3.63, 3.8) is 0 Å². The molecule has 48 heavy (non-hydrogen) atoms. The van der Waals surface area contributed by atoms with E-state index in [0.29, 0.717) is 0 Å². The molecular weight excluding hydrogens is 585 g/mol. The standard InChI is InChI=1S/C44H42N4/c1-10-27-11-13-28(14-12-27)40-35-17-15-32(45-35)24-34-26-44(8,9)39(47-34)25-33-16-18-36(46-33)41(38-20-19-37(40)48-38)29-21-30(42(2,3)4)23-31(22-29)43(5,6)7/h1,11-25H,26H2,2-9H3. The van der Waals surface area contributed by atoms with Crippen LogP contribution >= 0.6 is 0 Å². The van der Waals surface area contributed by atoms with Gasteiger partial charge in [-0.3, -0.25) is 4.99 Å². The van der Waals surface area contributed by atoms with Crippen LogP contribution in [-0.2, 0) is 10.8 Å². The third-order valence-corrected chi connectivity index (χ3v) is 9.46. The molecule has 8 bridgehead atoms. The Kier molecular flexibility index (Phi) is 7.37. The summed E-state index contributed by atoms with van der Waals surface area (Å²) in [7, 11) is 0. The summed E-state index contributed by atoms with van der Waals surface area (Å²) >= 11 is 0. The molecule has 0 aromatic heterocycles. The van der Waals surface area contributed by atoms with E-state index in [1.54, 1.807) is 0 Å². The maximum Gasteiger partial charge on any atom is 0.0738 e. The first-order valence-electron chi connectivity index (χ1n) is 16.7. The Morgan fingerprint density at radius 2 is 1.25 bits per heavy atom. The molecule has 0 amide bonds. The van der Waals surface area contributed by atoms with Gasteiger partial charge in [-0.15, -0.1) is 6.42 Å². The molecule has 0 saturated carbocycles. The summed E-state index contributed by atoms with van der Waals surface area (Å²) in [6.45, 7) is 18.1. The van der Waals surface area contributed by atoms with Crippen molar-refractivity contribution >= 4 is 34.0 Å². The first-order chi connectivity index (χ1) is 22.7. The summed E-state index contributed by atoms with van der Waals surface area (Å²) in [6, 6.07) is 15.1. The van der Waals surface area contributed by atoms with Crippen molar-refractivity contribution in [1.82, 2.24) is 0 Å². The second kappa shape index (κ2) is 11.2. The van der Waals surface area contributed by atoms with E-state index in [0.717, 1.165) is 79.9 Å². The van der Waals surface area contributed by atoms with Gasteiger partial charge in [0.15, 0.2) is 0 Å². The molecule has 238 valence electrons. The molecule has 0 spiro atoms. The van der Waals surface area contributed by atoms with Gasteiger partial charge in [0.05, 0.1) is 34.2 Å². The average Bonchev–Trinajstić information content (AvgIpc) is 3.82. The van der Waals surface area contributed by atoms with Gasteiger partial charge in [-0.2, -0.15) is 0 Å². The van der Waals surface area contributed by atoms with Crippen molar-refractivity contribution in [2.24, 2.45) is 25.4 Å². The SMILES string of the molecule is C#Cc1ccc(C2=C3C=CC(=N3)C(c3cc(C(C)(C)C)cc(C(C)(C)C)c3)=C3C=CC(=N3)C=C3N=C(C=C4C=CC2=N4)CC3(C)C)cc1. The molecule has 0 radical (unpaired) electrons. The van der Waals surface area contributed by atoms with Crippen LogP contribution in [-0.4, -0.2) is 22.8 Å². The second-order valence-corrected chi connectivity index (χ2v) is 15.8. The van der Waals surface area contributed by atoms with Crippen molar-refractivity contribution in [3.8, 4) is 12.3 Å². The maximum absolute atomic E-state index is 5.72. The number of benzene rings is 2. The normalized spacial score (nSPS) is 19.6. The predicted octanol–water partition coefficient (Wildman–Crippen LogP) is 10.1. The third-order valence-electron chi connectivity index (χ3n) is 9.46. The van der Waals surface area contributed by atoms with Gasteiger partial charge in [-0.25, -0.2) is 15.0 Å². The summed E-state index contributed by atoms with van der Waals surface area (Å²) in [4.78, 5) is 20.8. The van der Waals surface area contributed by atoms with Crippen LogP contribution in [0.5, 0.6) is 0 Å². The topological polar surface area (TPSA) is 49.4 Å². The van der Waals surface area contributed by atoms with Gasteiger partial charge in [0, 0.05) is 40.0 Å². The van der Waals surface area contributed by atoms with E-state index >= 15 is 0 Å². The highest BCUT2D eigenvalue weighted by atomic mass is 14.9. The van der Waals surface area contributed by atoms with Gasteiger partial charge < -0.3 is 0 Å². The molecule has 5 aliphatic rings. The molecule has 4 nitrogen and oxygen atoms in total. The number of aliphatic imine (C=N–C) groups is 4. The minimum absolute atomic E-state index is 0.0397. The highest BCUT2D eigenvalue weighted by Crippen LogP contribution is 2.41. The molecule has 5 aliphatic heterocycles. The third kappa shape index (κ3) is 5.90. The average molecular weight is 627 g/mol. The number of rotatable bonds is 2. The molecule has 0 saturated heterocycles. The predicted molar refractivity (Wildman–Crippen MR) is 204 cm³/mol. The lowest BCUT2D eigenvalue weighted by Crippen LogP contribution is -2.17. The quantitative estimate of drug-likeness (QED) is 0.298. The molecule has 0 unspecified atom stereocenters. The minimum Gasteiger partial charge on any atom is -0.257 e. The fraction of sp³-hybridized carbons (Fsp3) is 0.273. The number of allylic oxidation sites excluding steroid dienone is 11. The Hall–Kier alpha value is -5.14. The van der Waals surface area contributed by atoms with Crippen molar-refractivity contribution in [2.45, 2.75) is 72.6 Å². The van der Waals surface area contributed by atoms with E-state index in [2.05, 4.69) is 140 Å². The van der Waals surface area contributed by atoms with Crippen LogP contribution in [0.4, 0.5) is 0 Å². The summed E-state index contributed by atoms with van der Waals surface area (Å²) in [5.74, 6) is 2.74. The maximum atomic E-state index is 5.72. The molecule has 2 aromatic rings. The van der Waals surface area contributed by atoms with Crippen molar-refractivity contribution in [2.75, 3.05) is 0 Å². The highest BCUT2D eigenvalue weighted by molar-refractivity contribution is 6.36. The largest absolute Gasteiger partial charge is 0.257 e. The molecule has 5 heterocycles. The molecule has 0 fully saturated rings. The fourth-order valence-corrected chi connectivity index (χ4v) is 6.57. The summed E-state index contributed by atoms with van der Waals surface area (Å²) in [5, 5.41) is 0. The van der Waals surface area contributed by atoms with Gasteiger partial charge >= 0.3 is 0 Å². The van der Waals surface area contributed by atoms with Crippen LogP contribution in [0, 0.1) is 17.8 Å². The fourth-order valence-electron chi connectivity index (χ4n) is 6.57. The van der Waals surface area contributed by atoms with Gasteiger partial charge in [0.2, 0.25) is 0 Å². The Labute approximate surface area is 285 Å². The number of hydrogen-bond acceptors (Lipinski definition) is 4. The van der Waals surface area contributed by atoms with Crippen LogP contribution in [0.2, 0.25) is 0 Å². The van der Waals surface area contributed by atoms with Crippen molar-refractivity contribution in [3.05, 3.63) is 142 Å². The Morgan fingerprint density at radius 3 is 1.92 bits per heavy atom. The summed E-state index contributed by atoms with van der Waals surface area (Å²) < 4.78 is 0. The number of nitrogens with zero attached hydrogens (tertiary/aromatic N) is 4. The minimum atomic E-state index is -0.124. The first kappa shape index (κ1) is 31.5. The van der Waals surface area contributed by atoms with Crippen LogP contribution in [0.25, 0.3) is 11.1 Å². The Bertz CT molecular complexity index is 2120. The molecule has 0 atom stereocenters. The van der Waals surface area contributed by atoms with Crippen molar-refractivity contribution < 1.29 is 0 Å². The highest BCUT2D eigenvalue weighted by Gasteiger charge is 2.32. The lowest BCUT2D eigenvalue weighted by atomic mass is 9.78. The van der Waals surface area contributed by atoms with Crippen LogP contribution in [0.15, 0.2) is 134 Å². The van der Waals surface area contributed by atoms with Crippen LogP contribution < -0.4 is 0 Å². The Morgan fingerprint density at radius 1 is 0.646 bits per heavy atom. The van der Waals surface area contributed by atoms with Crippen molar-refractivity contribution in [1.29, 1.82) is 0 Å². The lowest BCUT2D eigenvalue weighted by Gasteiger charge is -2.27. The van der Waals surface area contributed by atoms with Crippen LogP contribution in [0.1, 0.15) is 89.6 Å². The zero-order valence-electron chi connectivity index (χ0n) is 29.2. The van der Waals surface area contributed by atoms with Gasteiger partial charge in [-0.1, -0.05) is 91.6 Å². The van der Waals surface area contributed by atoms with E-state index in [1.807, 2.05) is 12.1 Å². The van der Waals surface area contributed by atoms with E-state index in [9.17, 15) is 0 Å². The molecule has 0 N–H and O–H groups in total. The zero-order valence-corrected chi connectivity index (χ0v) is 29.2. The van der Waals surface area contributed by atoms with E-state index in [1.165, 1.54) is 11.1 Å².